The second kappa shape index (κ2) is 3.60. The van der Waals surface area contributed by atoms with Gasteiger partial charge in [0.2, 0.25) is 0 Å². The van der Waals surface area contributed by atoms with Crippen LogP contribution < -0.4 is 5.73 Å². The van der Waals surface area contributed by atoms with Crippen molar-refractivity contribution in [3.8, 4) is 6.07 Å². The van der Waals surface area contributed by atoms with Crippen LogP contribution in [0.15, 0.2) is 0 Å². The van der Waals surface area contributed by atoms with Crippen LogP contribution in [0.25, 0.3) is 0 Å². The maximum Gasteiger partial charge on any atom is 0.161 e. The normalized spacial score (nSPS) is 28.0. The van der Waals surface area contributed by atoms with Crippen molar-refractivity contribution in [3.05, 3.63) is 17.2 Å². The smallest absolute Gasteiger partial charge is 0.161 e. The fourth-order valence-electron chi connectivity index (χ4n) is 2.84. The van der Waals surface area contributed by atoms with Gasteiger partial charge < -0.3 is 10.3 Å². The summed E-state index contributed by atoms with van der Waals surface area (Å²) in [5.74, 6) is 1.61. The fourth-order valence-corrected chi connectivity index (χ4v) is 2.84. The molecule has 0 unspecified atom stereocenters. The van der Waals surface area contributed by atoms with Gasteiger partial charge >= 0.3 is 0 Å². The van der Waals surface area contributed by atoms with E-state index in [2.05, 4.69) is 15.6 Å². The molecule has 1 aromatic heterocycles. The largest absolute Gasteiger partial charge is 0.330 e. The summed E-state index contributed by atoms with van der Waals surface area (Å²) < 4.78 is 2.28. The summed E-state index contributed by atoms with van der Waals surface area (Å²) in [6.45, 7) is 1.03. The molecule has 0 saturated heterocycles. The number of fused-ring (bicyclic) bond motifs is 1. The first kappa shape index (κ1) is 9.86. The van der Waals surface area contributed by atoms with Crippen molar-refractivity contribution in [3.63, 3.8) is 0 Å². The van der Waals surface area contributed by atoms with Gasteiger partial charge in [-0.1, -0.05) is 0 Å². The Labute approximate surface area is 95.1 Å². The molecule has 2 aliphatic rings. The molecule has 1 saturated carbocycles. The van der Waals surface area contributed by atoms with Crippen LogP contribution in [0.4, 0.5) is 0 Å². The van der Waals surface area contributed by atoms with E-state index in [9.17, 15) is 0 Å². The zero-order chi connectivity index (χ0) is 11.1. The van der Waals surface area contributed by atoms with Crippen LogP contribution in [-0.2, 0) is 13.0 Å². The molecule has 84 valence electrons. The third-order valence-electron chi connectivity index (χ3n) is 3.79. The van der Waals surface area contributed by atoms with Gasteiger partial charge in [-0.15, -0.1) is 0 Å². The van der Waals surface area contributed by atoms with Gasteiger partial charge in [-0.3, -0.25) is 0 Å². The van der Waals surface area contributed by atoms with Gasteiger partial charge in [0.25, 0.3) is 0 Å². The van der Waals surface area contributed by atoms with Gasteiger partial charge in [0.05, 0.1) is 5.69 Å². The Balaban J connectivity index is 1.99. The van der Waals surface area contributed by atoms with E-state index in [0.29, 0.717) is 17.7 Å². The van der Waals surface area contributed by atoms with Crippen LogP contribution in [0.2, 0.25) is 0 Å². The molecule has 2 N–H and O–H groups in total. The highest BCUT2D eigenvalue weighted by Crippen LogP contribution is 2.37. The monoisotopic (exact) mass is 216 g/mol. The molecule has 0 amide bonds. The molecule has 1 aromatic rings. The third-order valence-corrected chi connectivity index (χ3v) is 3.79. The van der Waals surface area contributed by atoms with Gasteiger partial charge in [-0.25, -0.2) is 4.98 Å². The molecule has 16 heavy (non-hydrogen) atoms. The lowest BCUT2D eigenvalue weighted by Gasteiger charge is -2.32. The number of nitrogens with two attached hydrogens (primary N) is 1. The van der Waals surface area contributed by atoms with Crippen molar-refractivity contribution in [1.29, 1.82) is 5.26 Å². The summed E-state index contributed by atoms with van der Waals surface area (Å²) in [4.78, 5) is 4.51. The van der Waals surface area contributed by atoms with Crippen LogP contribution in [0, 0.1) is 11.3 Å². The van der Waals surface area contributed by atoms with Crippen LogP contribution >= 0.6 is 0 Å². The topological polar surface area (TPSA) is 67.6 Å². The first-order valence-electron chi connectivity index (χ1n) is 6.04. The van der Waals surface area contributed by atoms with E-state index in [4.69, 9.17) is 11.0 Å². The van der Waals surface area contributed by atoms with Crippen molar-refractivity contribution in [2.45, 2.75) is 50.6 Å². The van der Waals surface area contributed by atoms with Crippen molar-refractivity contribution in [1.82, 2.24) is 9.55 Å². The average Bonchev–Trinajstić information content (AvgIpc) is 2.63. The van der Waals surface area contributed by atoms with Gasteiger partial charge in [-0.05, 0) is 32.1 Å². The van der Waals surface area contributed by atoms with Crippen molar-refractivity contribution < 1.29 is 0 Å². The SMILES string of the molecule is N#Cc1nc(C2CC(N)C2)n2c1CCCC2. The average molecular weight is 216 g/mol. The third kappa shape index (κ3) is 1.35. The van der Waals surface area contributed by atoms with Crippen LogP contribution in [0.3, 0.4) is 0 Å². The van der Waals surface area contributed by atoms with Crippen molar-refractivity contribution in [2.75, 3.05) is 0 Å². The molecule has 2 heterocycles. The first-order valence-corrected chi connectivity index (χ1v) is 6.04. The molecule has 1 aliphatic carbocycles. The minimum atomic E-state index is 0.340. The number of hydrogen-bond acceptors (Lipinski definition) is 3. The molecule has 0 bridgehead atoms. The lowest BCUT2D eigenvalue weighted by Crippen LogP contribution is -2.36. The molecule has 0 aromatic carbocycles. The Morgan fingerprint density at radius 1 is 1.38 bits per heavy atom. The maximum absolute atomic E-state index is 9.08. The van der Waals surface area contributed by atoms with E-state index < -0.39 is 0 Å². The molecule has 4 nitrogen and oxygen atoms in total. The Kier molecular flexibility index (Phi) is 2.22. The Bertz CT molecular complexity index is 448. The van der Waals surface area contributed by atoms with Crippen molar-refractivity contribution in [2.24, 2.45) is 5.73 Å². The number of aromatic nitrogens is 2. The van der Waals surface area contributed by atoms with E-state index in [1.165, 1.54) is 12.8 Å². The maximum atomic E-state index is 9.08. The van der Waals surface area contributed by atoms with Gasteiger partial charge in [0, 0.05) is 18.5 Å². The summed E-state index contributed by atoms with van der Waals surface area (Å²) in [7, 11) is 0. The molecular weight excluding hydrogens is 200 g/mol. The van der Waals surface area contributed by atoms with Crippen LogP contribution in [0.1, 0.15) is 48.8 Å². The lowest BCUT2D eigenvalue weighted by atomic mass is 9.80. The molecule has 1 fully saturated rings. The molecule has 1 aliphatic heterocycles. The zero-order valence-electron chi connectivity index (χ0n) is 9.32. The molecule has 0 atom stereocenters. The number of hydrogen-bond donors (Lipinski definition) is 1. The highest BCUT2D eigenvalue weighted by atomic mass is 15.1. The highest BCUT2D eigenvalue weighted by molar-refractivity contribution is 5.32. The second-order valence-corrected chi connectivity index (χ2v) is 4.91. The molecular formula is C12H16N4. The summed E-state index contributed by atoms with van der Waals surface area (Å²) in [5.41, 5.74) is 7.62. The predicted molar refractivity (Wildman–Crippen MR) is 59.8 cm³/mol. The molecule has 0 spiro atoms. The number of nitrogens with zero attached hydrogens (tertiary/aromatic N) is 3. The predicted octanol–water partition coefficient (Wildman–Crippen LogP) is 1.30. The summed E-state index contributed by atoms with van der Waals surface area (Å²) >= 11 is 0. The Morgan fingerprint density at radius 2 is 2.19 bits per heavy atom. The lowest BCUT2D eigenvalue weighted by molar-refractivity contribution is 0.324. The standard InChI is InChI=1S/C12H16N4/c13-7-10-11-3-1-2-4-16(11)12(15-10)8-5-9(14)6-8/h8-9H,1-6,14H2. The molecule has 0 radical (unpaired) electrons. The van der Waals surface area contributed by atoms with E-state index in [0.717, 1.165) is 37.3 Å². The molecule has 4 heteroatoms. The van der Waals surface area contributed by atoms with Crippen LogP contribution in [0.5, 0.6) is 0 Å². The van der Waals surface area contributed by atoms with Gasteiger partial charge in [0.1, 0.15) is 11.9 Å². The minimum Gasteiger partial charge on any atom is -0.330 e. The minimum absolute atomic E-state index is 0.340. The van der Waals surface area contributed by atoms with Gasteiger partial charge in [-0.2, -0.15) is 5.26 Å². The summed E-state index contributed by atoms with van der Waals surface area (Å²) in [6.07, 6.45) is 5.46. The van der Waals surface area contributed by atoms with E-state index in [1.54, 1.807) is 0 Å². The fraction of sp³-hybridized carbons (Fsp3) is 0.667. The van der Waals surface area contributed by atoms with Gasteiger partial charge in [0.15, 0.2) is 5.69 Å². The Hall–Kier alpha value is -1.34. The van der Waals surface area contributed by atoms with E-state index >= 15 is 0 Å². The van der Waals surface area contributed by atoms with Crippen LogP contribution in [-0.4, -0.2) is 15.6 Å². The quantitative estimate of drug-likeness (QED) is 0.769. The van der Waals surface area contributed by atoms with E-state index in [-0.39, 0.29) is 0 Å². The van der Waals surface area contributed by atoms with E-state index in [1.807, 2.05) is 0 Å². The van der Waals surface area contributed by atoms with Crippen molar-refractivity contribution >= 4 is 0 Å². The Morgan fingerprint density at radius 3 is 2.88 bits per heavy atom. The number of rotatable bonds is 1. The summed E-state index contributed by atoms with van der Waals surface area (Å²) in [6, 6.07) is 2.57. The second-order valence-electron chi connectivity index (χ2n) is 4.91. The molecule has 3 rings (SSSR count). The zero-order valence-corrected chi connectivity index (χ0v) is 9.32. The first-order chi connectivity index (χ1) is 7.79. The highest BCUT2D eigenvalue weighted by Gasteiger charge is 2.33. The number of imidazole rings is 1. The number of nitriles is 1. The summed E-state index contributed by atoms with van der Waals surface area (Å²) in [5, 5.41) is 9.08.